The summed E-state index contributed by atoms with van der Waals surface area (Å²) in [5.74, 6) is -0.673. The normalized spacial score (nSPS) is 14.0. The van der Waals surface area contributed by atoms with Crippen molar-refractivity contribution in [1.29, 1.82) is 0 Å². The van der Waals surface area contributed by atoms with E-state index in [1.807, 2.05) is 75.4 Å². The molecular formula is C25H22N2O2. The molecule has 0 bridgehead atoms. The minimum Gasteiger partial charge on any atom is -0.350 e. The quantitative estimate of drug-likeness (QED) is 0.646. The lowest BCUT2D eigenvalue weighted by Gasteiger charge is -2.15. The van der Waals surface area contributed by atoms with Crippen LogP contribution in [0.3, 0.4) is 0 Å². The lowest BCUT2D eigenvalue weighted by Crippen LogP contribution is -2.32. The number of hydrogen-bond acceptors (Lipinski definition) is 3. The van der Waals surface area contributed by atoms with Crippen molar-refractivity contribution < 1.29 is 9.59 Å². The molecule has 0 unspecified atom stereocenters. The van der Waals surface area contributed by atoms with Gasteiger partial charge in [-0.1, -0.05) is 54.1 Å². The Kier molecular flexibility index (Phi) is 4.77. The Morgan fingerprint density at radius 2 is 1.31 bits per heavy atom. The van der Waals surface area contributed by atoms with Gasteiger partial charge in [0.1, 0.15) is 5.70 Å². The number of carbonyl (C=O) groups is 2. The van der Waals surface area contributed by atoms with Gasteiger partial charge < -0.3 is 5.32 Å². The van der Waals surface area contributed by atoms with Crippen LogP contribution in [-0.4, -0.2) is 11.8 Å². The number of nitrogens with one attached hydrogen (secondary N) is 1. The summed E-state index contributed by atoms with van der Waals surface area (Å²) in [5, 5.41) is 3.23. The van der Waals surface area contributed by atoms with Crippen molar-refractivity contribution in [2.24, 2.45) is 0 Å². The van der Waals surface area contributed by atoms with E-state index >= 15 is 0 Å². The first kappa shape index (κ1) is 18.7. The van der Waals surface area contributed by atoms with E-state index in [1.165, 1.54) is 4.90 Å². The molecule has 0 aromatic heterocycles. The molecule has 0 fully saturated rings. The molecule has 0 aliphatic carbocycles. The maximum absolute atomic E-state index is 13.3. The van der Waals surface area contributed by atoms with Gasteiger partial charge in [-0.15, -0.1) is 0 Å². The van der Waals surface area contributed by atoms with E-state index in [-0.39, 0.29) is 11.8 Å². The number of nitrogens with zero attached hydrogens (tertiary/aromatic N) is 1. The molecule has 1 heterocycles. The summed E-state index contributed by atoms with van der Waals surface area (Å²) >= 11 is 0. The van der Waals surface area contributed by atoms with Crippen molar-refractivity contribution in [2.45, 2.75) is 20.8 Å². The van der Waals surface area contributed by atoms with Gasteiger partial charge in [-0.25, -0.2) is 4.90 Å². The predicted molar refractivity (Wildman–Crippen MR) is 117 cm³/mol. The van der Waals surface area contributed by atoms with Crippen LogP contribution in [0.25, 0.3) is 5.57 Å². The number of para-hydroxylation sites is 1. The fourth-order valence-corrected chi connectivity index (χ4v) is 3.64. The second-order valence-electron chi connectivity index (χ2n) is 7.40. The van der Waals surface area contributed by atoms with Crippen LogP contribution >= 0.6 is 0 Å². The van der Waals surface area contributed by atoms with E-state index in [1.54, 1.807) is 12.1 Å². The van der Waals surface area contributed by atoms with E-state index < -0.39 is 0 Å². The van der Waals surface area contributed by atoms with Crippen LogP contribution in [0.2, 0.25) is 0 Å². The summed E-state index contributed by atoms with van der Waals surface area (Å²) in [6.07, 6.45) is 0. The van der Waals surface area contributed by atoms with E-state index in [4.69, 9.17) is 0 Å². The first-order chi connectivity index (χ1) is 13.9. The van der Waals surface area contributed by atoms with Crippen molar-refractivity contribution in [3.8, 4) is 0 Å². The molecule has 29 heavy (non-hydrogen) atoms. The van der Waals surface area contributed by atoms with Crippen molar-refractivity contribution in [3.63, 3.8) is 0 Å². The molecule has 144 valence electrons. The van der Waals surface area contributed by atoms with E-state index in [0.29, 0.717) is 17.0 Å². The summed E-state index contributed by atoms with van der Waals surface area (Å²) in [7, 11) is 0. The molecule has 1 N–H and O–H groups in total. The third-order valence-corrected chi connectivity index (χ3v) is 4.93. The highest BCUT2D eigenvalue weighted by molar-refractivity contribution is 6.46. The number of imide groups is 1. The van der Waals surface area contributed by atoms with Gasteiger partial charge in [0.05, 0.1) is 11.3 Å². The SMILES string of the molecule is Cc1ccc(C2=C(Nc3cc(C)cc(C)c3)C(=O)N(c3ccccc3)C2=O)cc1. The van der Waals surface area contributed by atoms with Crippen LogP contribution in [0.15, 0.2) is 78.5 Å². The molecule has 3 aromatic rings. The fourth-order valence-electron chi connectivity index (χ4n) is 3.64. The van der Waals surface area contributed by atoms with Gasteiger partial charge in [0.25, 0.3) is 11.8 Å². The monoisotopic (exact) mass is 382 g/mol. The number of amides is 2. The van der Waals surface area contributed by atoms with Gasteiger partial charge in [-0.2, -0.15) is 0 Å². The van der Waals surface area contributed by atoms with Gasteiger partial charge >= 0.3 is 0 Å². The molecule has 4 heteroatoms. The molecule has 4 nitrogen and oxygen atoms in total. The lowest BCUT2D eigenvalue weighted by atomic mass is 10.0. The molecule has 3 aromatic carbocycles. The third kappa shape index (κ3) is 3.57. The Bertz CT molecular complexity index is 1110. The zero-order valence-electron chi connectivity index (χ0n) is 16.7. The van der Waals surface area contributed by atoms with Gasteiger partial charge in [0.2, 0.25) is 0 Å². The fraction of sp³-hybridized carbons (Fsp3) is 0.120. The first-order valence-corrected chi connectivity index (χ1v) is 9.54. The first-order valence-electron chi connectivity index (χ1n) is 9.54. The van der Waals surface area contributed by atoms with Gasteiger partial charge in [0.15, 0.2) is 0 Å². The molecule has 1 aliphatic rings. The highest BCUT2D eigenvalue weighted by Crippen LogP contribution is 2.34. The molecule has 2 amide bonds. The van der Waals surface area contributed by atoms with Gasteiger partial charge in [0, 0.05) is 5.69 Å². The van der Waals surface area contributed by atoms with Crippen molar-refractivity contribution in [3.05, 3.63) is 101 Å². The average Bonchev–Trinajstić information content (AvgIpc) is 2.92. The molecule has 4 rings (SSSR count). The molecule has 0 spiro atoms. The highest BCUT2D eigenvalue weighted by Gasteiger charge is 2.40. The second-order valence-corrected chi connectivity index (χ2v) is 7.40. The number of carbonyl (C=O) groups excluding carboxylic acids is 2. The maximum Gasteiger partial charge on any atom is 0.282 e. The van der Waals surface area contributed by atoms with Crippen molar-refractivity contribution in [1.82, 2.24) is 0 Å². The maximum atomic E-state index is 13.3. The Labute approximate surface area is 170 Å². The molecule has 0 saturated heterocycles. The Hall–Kier alpha value is -3.66. The van der Waals surface area contributed by atoms with Crippen LogP contribution in [0.4, 0.5) is 11.4 Å². The topological polar surface area (TPSA) is 49.4 Å². The summed E-state index contributed by atoms with van der Waals surface area (Å²) in [6, 6.07) is 22.7. The van der Waals surface area contributed by atoms with E-state index in [0.717, 1.165) is 27.9 Å². The molecule has 0 atom stereocenters. The standard InChI is InChI=1S/C25H22N2O2/c1-16-9-11-19(12-10-16)22-23(26-20-14-17(2)13-18(3)15-20)25(29)27(24(22)28)21-7-5-4-6-8-21/h4-15,26H,1-3H3. The molecule has 1 aliphatic heterocycles. The number of benzene rings is 3. The van der Waals surface area contributed by atoms with E-state index in [2.05, 4.69) is 11.4 Å². The van der Waals surface area contributed by atoms with Crippen LogP contribution in [0.1, 0.15) is 22.3 Å². The zero-order valence-corrected chi connectivity index (χ0v) is 16.7. The Balaban J connectivity index is 1.84. The lowest BCUT2D eigenvalue weighted by molar-refractivity contribution is -0.120. The third-order valence-electron chi connectivity index (χ3n) is 4.93. The minimum atomic E-state index is -0.351. The summed E-state index contributed by atoms with van der Waals surface area (Å²) in [6.45, 7) is 6.00. The van der Waals surface area contributed by atoms with Gasteiger partial charge in [-0.3, -0.25) is 9.59 Å². The number of hydrogen-bond donors (Lipinski definition) is 1. The molecular weight excluding hydrogens is 360 g/mol. The molecule has 0 radical (unpaired) electrons. The average molecular weight is 382 g/mol. The molecule has 0 saturated carbocycles. The van der Waals surface area contributed by atoms with Crippen molar-refractivity contribution in [2.75, 3.05) is 10.2 Å². The largest absolute Gasteiger partial charge is 0.350 e. The Morgan fingerprint density at radius 3 is 1.93 bits per heavy atom. The number of aryl methyl sites for hydroxylation is 3. The highest BCUT2D eigenvalue weighted by atomic mass is 16.2. The zero-order chi connectivity index (χ0) is 20.5. The Morgan fingerprint density at radius 1 is 0.690 bits per heavy atom. The number of anilines is 2. The van der Waals surface area contributed by atoms with Gasteiger partial charge in [-0.05, 0) is 61.7 Å². The van der Waals surface area contributed by atoms with Crippen LogP contribution in [-0.2, 0) is 9.59 Å². The van der Waals surface area contributed by atoms with Crippen LogP contribution in [0.5, 0.6) is 0 Å². The number of rotatable bonds is 4. The van der Waals surface area contributed by atoms with Crippen LogP contribution in [0, 0.1) is 20.8 Å². The second kappa shape index (κ2) is 7.40. The summed E-state index contributed by atoms with van der Waals surface area (Å²) in [5.41, 5.74) is 6.02. The predicted octanol–water partition coefficient (Wildman–Crippen LogP) is 5.01. The minimum absolute atomic E-state index is 0.299. The smallest absolute Gasteiger partial charge is 0.282 e. The summed E-state index contributed by atoms with van der Waals surface area (Å²) < 4.78 is 0. The van der Waals surface area contributed by atoms with Crippen molar-refractivity contribution >= 4 is 28.8 Å². The summed E-state index contributed by atoms with van der Waals surface area (Å²) in [4.78, 5) is 27.9. The van der Waals surface area contributed by atoms with E-state index in [9.17, 15) is 9.59 Å². The van der Waals surface area contributed by atoms with Crippen LogP contribution < -0.4 is 10.2 Å².